The monoisotopic (exact) mass is 522 g/mol. The number of halogens is 4. The van der Waals surface area contributed by atoms with E-state index in [1.54, 1.807) is 0 Å². The third-order valence-electron chi connectivity index (χ3n) is 3.53. The second-order valence-electron chi connectivity index (χ2n) is 5.69. The molecule has 1 aliphatic heterocycles. The van der Waals surface area contributed by atoms with Crippen LogP contribution in [0.5, 0.6) is 0 Å². The highest BCUT2D eigenvalue weighted by atomic mass is 127. The van der Waals surface area contributed by atoms with Gasteiger partial charge < -0.3 is 16.0 Å². The maximum absolute atomic E-state index is 12.6. The van der Waals surface area contributed by atoms with Crippen LogP contribution in [0.2, 0.25) is 0 Å². The summed E-state index contributed by atoms with van der Waals surface area (Å²) >= 11 is 0. The third-order valence-corrected chi connectivity index (χ3v) is 5.30. The molecule has 2 heterocycles. The van der Waals surface area contributed by atoms with Crippen molar-refractivity contribution in [1.82, 2.24) is 20.6 Å². The van der Waals surface area contributed by atoms with Gasteiger partial charge in [0.25, 0.3) is 0 Å². The molecule has 0 amide bonds. The smallest absolute Gasteiger partial charge is 0.357 e. The van der Waals surface area contributed by atoms with Crippen molar-refractivity contribution in [3.8, 4) is 0 Å². The summed E-state index contributed by atoms with van der Waals surface area (Å²) in [4.78, 5) is 11.4. The fourth-order valence-corrected chi connectivity index (χ4v) is 4.03. The van der Waals surface area contributed by atoms with E-state index >= 15 is 0 Å². The molecule has 0 aromatic carbocycles. The summed E-state index contributed by atoms with van der Waals surface area (Å²) in [5, 5.41) is 8.73. The molecule has 27 heavy (non-hydrogen) atoms. The standard InChI is InChI=1S/C14H21F3N6O2S.HI/c1-2-18-12(22-10-4-8-26(24,25)9-10)20-6-7-21-13-19-5-3-11(23-13)14(15,16)17;/h3,5,10H,2,4,6-9H2,1H3,(H2,18,20,22)(H,19,21,23);1H. The molecule has 1 aromatic heterocycles. The highest BCUT2D eigenvalue weighted by Gasteiger charge is 2.32. The Bertz CT molecular complexity index is 745. The van der Waals surface area contributed by atoms with Gasteiger partial charge in [0.05, 0.1) is 18.1 Å². The zero-order valence-electron chi connectivity index (χ0n) is 14.6. The molecular weight excluding hydrogens is 500 g/mol. The van der Waals surface area contributed by atoms with E-state index in [1.165, 1.54) is 0 Å². The van der Waals surface area contributed by atoms with E-state index < -0.39 is 21.7 Å². The number of rotatable bonds is 6. The number of aliphatic imine (C=N–C) groups is 1. The lowest BCUT2D eigenvalue weighted by Crippen LogP contribution is -2.44. The Labute approximate surface area is 172 Å². The minimum absolute atomic E-state index is 0. The van der Waals surface area contributed by atoms with Crippen LogP contribution >= 0.6 is 24.0 Å². The Hall–Kier alpha value is -1.38. The number of hydrogen-bond acceptors (Lipinski definition) is 6. The van der Waals surface area contributed by atoms with Gasteiger partial charge in [0.1, 0.15) is 5.69 Å². The quantitative estimate of drug-likeness (QED) is 0.224. The number of sulfone groups is 1. The molecule has 154 valence electrons. The van der Waals surface area contributed by atoms with E-state index in [4.69, 9.17) is 0 Å². The first-order chi connectivity index (χ1) is 12.2. The molecule has 0 radical (unpaired) electrons. The topological polar surface area (TPSA) is 108 Å². The Kier molecular flexibility index (Phi) is 8.98. The van der Waals surface area contributed by atoms with Crippen LogP contribution in [-0.2, 0) is 16.0 Å². The van der Waals surface area contributed by atoms with Crippen molar-refractivity contribution < 1.29 is 21.6 Å². The van der Waals surface area contributed by atoms with Crippen molar-refractivity contribution in [3.05, 3.63) is 18.0 Å². The minimum atomic E-state index is -4.53. The highest BCUT2D eigenvalue weighted by molar-refractivity contribution is 14.0. The summed E-state index contributed by atoms with van der Waals surface area (Å²) in [6.07, 6.45) is -2.97. The summed E-state index contributed by atoms with van der Waals surface area (Å²) in [6.45, 7) is 2.93. The molecular formula is C14H22F3IN6O2S. The van der Waals surface area contributed by atoms with Crippen molar-refractivity contribution in [2.45, 2.75) is 25.6 Å². The summed E-state index contributed by atoms with van der Waals surface area (Å²) in [6, 6.07) is 0.601. The number of anilines is 1. The molecule has 2 rings (SSSR count). The maximum Gasteiger partial charge on any atom is 0.433 e. The molecule has 0 spiro atoms. The van der Waals surface area contributed by atoms with Gasteiger partial charge in [-0.1, -0.05) is 0 Å². The number of alkyl halides is 3. The van der Waals surface area contributed by atoms with Crippen LogP contribution in [0.1, 0.15) is 19.0 Å². The Morgan fingerprint density at radius 2 is 2.15 bits per heavy atom. The lowest BCUT2D eigenvalue weighted by molar-refractivity contribution is -0.141. The molecule has 1 fully saturated rings. The summed E-state index contributed by atoms with van der Waals surface area (Å²) < 4.78 is 60.8. The average molecular weight is 522 g/mol. The Balaban J connectivity index is 0.00000364. The van der Waals surface area contributed by atoms with Crippen LogP contribution < -0.4 is 16.0 Å². The van der Waals surface area contributed by atoms with Crippen LogP contribution in [0.15, 0.2) is 17.3 Å². The summed E-state index contributed by atoms with van der Waals surface area (Å²) in [7, 11) is -3.00. The van der Waals surface area contributed by atoms with E-state index in [-0.39, 0.29) is 60.6 Å². The molecule has 0 aliphatic carbocycles. The lowest BCUT2D eigenvalue weighted by Gasteiger charge is -2.15. The summed E-state index contributed by atoms with van der Waals surface area (Å²) in [5.74, 6) is 0.544. The van der Waals surface area contributed by atoms with Gasteiger partial charge in [0.2, 0.25) is 5.95 Å². The van der Waals surface area contributed by atoms with Crippen molar-refractivity contribution in [3.63, 3.8) is 0 Å². The fourth-order valence-electron chi connectivity index (χ4n) is 2.36. The predicted octanol–water partition coefficient (Wildman–Crippen LogP) is 1.27. The van der Waals surface area contributed by atoms with Crippen LogP contribution in [0.4, 0.5) is 19.1 Å². The highest BCUT2D eigenvalue weighted by Crippen LogP contribution is 2.27. The first-order valence-corrected chi connectivity index (χ1v) is 9.91. The first-order valence-electron chi connectivity index (χ1n) is 8.09. The first kappa shape index (κ1) is 23.7. The maximum atomic E-state index is 12.6. The lowest BCUT2D eigenvalue weighted by atomic mass is 10.3. The summed E-state index contributed by atoms with van der Waals surface area (Å²) in [5.41, 5.74) is -1.02. The van der Waals surface area contributed by atoms with Gasteiger partial charge in [-0.2, -0.15) is 13.2 Å². The van der Waals surface area contributed by atoms with Crippen LogP contribution in [0, 0.1) is 0 Å². The van der Waals surface area contributed by atoms with E-state index in [0.717, 1.165) is 12.3 Å². The SMILES string of the molecule is CCNC(=NCCNc1nccc(C(F)(F)F)n1)NC1CCS(=O)(=O)C1.I. The Morgan fingerprint density at radius 1 is 1.41 bits per heavy atom. The molecule has 13 heteroatoms. The molecule has 1 atom stereocenters. The molecule has 3 N–H and O–H groups in total. The zero-order valence-corrected chi connectivity index (χ0v) is 17.7. The average Bonchev–Trinajstić information content (AvgIpc) is 2.90. The van der Waals surface area contributed by atoms with Gasteiger partial charge in [0, 0.05) is 25.3 Å². The van der Waals surface area contributed by atoms with Crippen molar-refractivity contribution in [2.75, 3.05) is 36.5 Å². The normalized spacial score (nSPS) is 19.3. The minimum Gasteiger partial charge on any atom is -0.357 e. The molecule has 1 aromatic rings. The zero-order chi connectivity index (χ0) is 19.2. The van der Waals surface area contributed by atoms with Gasteiger partial charge in [-0.05, 0) is 19.4 Å². The van der Waals surface area contributed by atoms with Crippen molar-refractivity contribution in [2.24, 2.45) is 4.99 Å². The van der Waals surface area contributed by atoms with E-state index in [1.807, 2.05) is 6.92 Å². The Morgan fingerprint density at radius 3 is 2.74 bits per heavy atom. The number of nitrogens with zero attached hydrogens (tertiary/aromatic N) is 3. The van der Waals surface area contributed by atoms with Crippen molar-refractivity contribution >= 4 is 45.7 Å². The van der Waals surface area contributed by atoms with Crippen LogP contribution in [0.25, 0.3) is 0 Å². The van der Waals surface area contributed by atoms with E-state index in [9.17, 15) is 21.6 Å². The molecule has 1 aliphatic rings. The van der Waals surface area contributed by atoms with E-state index in [0.29, 0.717) is 18.9 Å². The number of hydrogen-bond donors (Lipinski definition) is 3. The van der Waals surface area contributed by atoms with Crippen LogP contribution in [0.3, 0.4) is 0 Å². The van der Waals surface area contributed by atoms with Gasteiger partial charge >= 0.3 is 6.18 Å². The largest absolute Gasteiger partial charge is 0.433 e. The molecule has 8 nitrogen and oxygen atoms in total. The number of guanidine groups is 1. The predicted molar refractivity (Wildman–Crippen MR) is 107 cm³/mol. The fraction of sp³-hybridized carbons (Fsp3) is 0.643. The number of aromatic nitrogens is 2. The van der Waals surface area contributed by atoms with Crippen LogP contribution in [-0.4, -0.2) is 61.5 Å². The van der Waals surface area contributed by atoms with Crippen molar-refractivity contribution in [1.29, 1.82) is 0 Å². The third kappa shape index (κ3) is 8.02. The molecule has 1 saturated heterocycles. The second-order valence-corrected chi connectivity index (χ2v) is 7.92. The molecule has 0 saturated carbocycles. The van der Waals surface area contributed by atoms with Gasteiger partial charge in [-0.15, -0.1) is 24.0 Å². The second kappa shape index (κ2) is 10.2. The van der Waals surface area contributed by atoms with Gasteiger partial charge in [-0.3, -0.25) is 4.99 Å². The molecule has 1 unspecified atom stereocenters. The number of nitrogens with one attached hydrogen (secondary N) is 3. The van der Waals surface area contributed by atoms with Gasteiger partial charge in [0.15, 0.2) is 15.8 Å². The molecule has 0 bridgehead atoms. The van der Waals surface area contributed by atoms with E-state index in [2.05, 4.69) is 30.9 Å². The van der Waals surface area contributed by atoms with Gasteiger partial charge in [-0.25, -0.2) is 18.4 Å².